The van der Waals surface area contributed by atoms with Crippen molar-refractivity contribution in [3.63, 3.8) is 0 Å². The second-order valence-electron chi connectivity index (χ2n) is 6.19. The Morgan fingerprint density at radius 1 is 1.35 bits per heavy atom. The summed E-state index contributed by atoms with van der Waals surface area (Å²) in [4.78, 5) is 24.4. The molecule has 0 saturated carbocycles. The molecule has 1 saturated heterocycles. The zero-order valence-electron chi connectivity index (χ0n) is 14.8. The van der Waals surface area contributed by atoms with Crippen molar-refractivity contribution in [1.82, 2.24) is 10.1 Å². The van der Waals surface area contributed by atoms with Crippen LogP contribution in [0.5, 0.6) is 0 Å². The minimum absolute atomic E-state index is 0.149. The highest BCUT2D eigenvalue weighted by Gasteiger charge is 2.30. The summed E-state index contributed by atoms with van der Waals surface area (Å²) in [5.74, 6) is -0.255. The van der Waals surface area contributed by atoms with Gasteiger partial charge in [0.2, 0.25) is 0 Å². The number of likely N-dealkylation sites (N-methyl/N-ethyl adjacent to an activating group) is 1. The first-order valence-electron chi connectivity index (χ1n) is 8.27. The second-order valence-corrected chi connectivity index (χ2v) is 6.19. The van der Waals surface area contributed by atoms with Crippen LogP contribution in [0.1, 0.15) is 23.2 Å². The van der Waals surface area contributed by atoms with Crippen molar-refractivity contribution in [2.24, 2.45) is 0 Å². The molecule has 1 aliphatic heterocycles. The molecule has 8 heteroatoms. The molecule has 8 nitrogen and oxygen atoms in total. The monoisotopic (exact) mass is 361 g/mol. The fourth-order valence-electron chi connectivity index (χ4n) is 3.05. The summed E-state index contributed by atoms with van der Waals surface area (Å²) in [5.41, 5.74) is 0.875. The smallest absolute Gasteiger partial charge is 0.343 e. The highest BCUT2D eigenvalue weighted by Crippen LogP contribution is 2.32. The molecule has 1 aromatic heterocycles. The molecular formula is C18H23N3O5. The van der Waals surface area contributed by atoms with E-state index in [4.69, 9.17) is 14.4 Å². The number of rotatable bonds is 4. The van der Waals surface area contributed by atoms with Crippen LogP contribution in [0.4, 0.5) is 5.82 Å². The van der Waals surface area contributed by atoms with E-state index in [1.807, 2.05) is 49.3 Å². The van der Waals surface area contributed by atoms with Crippen molar-refractivity contribution in [1.29, 1.82) is 0 Å². The minimum atomic E-state index is -1.01. The largest absolute Gasteiger partial charge is 0.483 e. The number of benzene rings is 1. The van der Waals surface area contributed by atoms with Gasteiger partial charge in [0.1, 0.15) is 0 Å². The Labute approximate surface area is 151 Å². The van der Waals surface area contributed by atoms with Crippen LogP contribution < -0.4 is 4.90 Å². The van der Waals surface area contributed by atoms with Gasteiger partial charge in [0.05, 0.1) is 0 Å². The number of hydrogen-bond acceptors (Lipinski definition) is 6. The van der Waals surface area contributed by atoms with E-state index in [1.165, 1.54) is 0 Å². The molecular weight excluding hydrogens is 338 g/mol. The molecule has 1 unspecified atom stereocenters. The lowest BCUT2D eigenvalue weighted by atomic mass is 10.0. The first-order valence-corrected chi connectivity index (χ1v) is 8.27. The fraction of sp³-hybridized carbons (Fsp3) is 0.389. The molecule has 2 heterocycles. The van der Waals surface area contributed by atoms with E-state index in [-0.39, 0.29) is 12.0 Å². The van der Waals surface area contributed by atoms with Crippen LogP contribution in [0.15, 0.2) is 34.9 Å². The molecule has 3 rings (SSSR count). The van der Waals surface area contributed by atoms with Crippen LogP contribution in [-0.4, -0.2) is 65.9 Å². The Balaban J connectivity index is 0.000000758. The zero-order valence-corrected chi connectivity index (χ0v) is 14.8. The van der Waals surface area contributed by atoms with E-state index in [0.717, 1.165) is 31.5 Å². The van der Waals surface area contributed by atoms with E-state index in [0.29, 0.717) is 17.6 Å². The normalized spacial score (nSPS) is 16.7. The van der Waals surface area contributed by atoms with Crippen molar-refractivity contribution < 1.29 is 24.3 Å². The summed E-state index contributed by atoms with van der Waals surface area (Å²) in [7, 11) is 4.09. The van der Waals surface area contributed by atoms with Gasteiger partial charge in [-0.05, 0) is 26.9 Å². The van der Waals surface area contributed by atoms with Gasteiger partial charge in [0.15, 0.2) is 17.1 Å². The quantitative estimate of drug-likeness (QED) is 0.799. The molecule has 0 radical (unpaired) electrons. The molecule has 0 bridgehead atoms. The summed E-state index contributed by atoms with van der Waals surface area (Å²) < 4.78 is 5.41. The van der Waals surface area contributed by atoms with Gasteiger partial charge in [0, 0.05) is 24.7 Å². The highest BCUT2D eigenvalue weighted by molar-refractivity contribution is 5.99. The lowest BCUT2D eigenvalue weighted by Gasteiger charge is -2.36. The zero-order chi connectivity index (χ0) is 19.1. The van der Waals surface area contributed by atoms with Gasteiger partial charge in [-0.15, -0.1) is 0 Å². The number of hydrogen-bond donors (Lipinski definition) is 2. The molecule has 0 spiro atoms. The molecule has 0 aliphatic carbocycles. The summed E-state index contributed by atoms with van der Waals surface area (Å²) in [6.45, 7) is 1.30. The minimum Gasteiger partial charge on any atom is -0.483 e. The van der Waals surface area contributed by atoms with Gasteiger partial charge in [-0.25, -0.2) is 4.79 Å². The van der Waals surface area contributed by atoms with Crippen LogP contribution in [0.25, 0.3) is 11.3 Å². The maximum Gasteiger partial charge on any atom is 0.343 e. The van der Waals surface area contributed by atoms with E-state index in [9.17, 15) is 9.90 Å². The first-order chi connectivity index (χ1) is 12.5. The van der Waals surface area contributed by atoms with E-state index >= 15 is 0 Å². The number of carboxylic acid groups (broad SMARTS) is 2. The van der Waals surface area contributed by atoms with Crippen LogP contribution in [0.3, 0.4) is 0 Å². The molecule has 2 N–H and O–H groups in total. The van der Waals surface area contributed by atoms with Crippen molar-refractivity contribution >= 4 is 18.3 Å². The molecule has 1 aliphatic rings. The van der Waals surface area contributed by atoms with Gasteiger partial charge in [-0.2, -0.15) is 0 Å². The van der Waals surface area contributed by atoms with E-state index in [2.05, 4.69) is 10.1 Å². The standard InChI is InChI=1S/C17H21N3O3.CH2O2/c1-19(2)13-9-6-10-20(11-13)16-14(17(21)22)15(23-18-16)12-7-4-3-5-8-12;2-1-3/h3-5,7-8,13H,6,9-11H2,1-2H3,(H,21,22);1H,(H,2,3). The van der Waals surface area contributed by atoms with Gasteiger partial charge in [-0.1, -0.05) is 35.5 Å². The average molecular weight is 361 g/mol. The van der Waals surface area contributed by atoms with Gasteiger partial charge in [-0.3, -0.25) is 4.79 Å². The topological polar surface area (TPSA) is 107 Å². The van der Waals surface area contributed by atoms with Crippen molar-refractivity contribution in [3.8, 4) is 11.3 Å². The molecule has 26 heavy (non-hydrogen) atoms. The fourth-order valence-corrected chi connectivity index (χ4v) is 3.05. The summed E-state index contributed by atoms with van der Waals surface area (Å²) >= 11 is 0. The summed E-state index contributed by atoms with van der Waals surface area (Å²) in [5, 5.41) is 20.6. The third-order valence-corrected chi connectivity index (χ3v) is 4.35. The van der Waals surface area contributed by atoms with Crippen LogP contribution >= 0.6 is 0 Å². The molecule has 2 aromatic rings. The summed E-state index contributed by atoms with van der Waals surface area (Å²) in [6, 6.07) is 9.64. The van der Waals surface area contributed by atoms with Crippen molar-refractivity contribution in [2.45, 2.75) is 18.9 Å². The summed E-state index contributed by atoms with van der Waals surface area (Å²) in [6.07, 6.45) is 2.12. The SMILES string of the molecule is CN(C)C1CCCN(c2noc(-c3ccccc3)c2C(=O)O)C1.O=CO. The van der Waals surface area contributed by atoms with Gasteiger partial charge >= 0.3 is 5.97 Å². The number of carbonyl (C=O) groups is 2. The van der Waals surface area contributed by atoms with Crippen LogP contribution in [-0.2, 0) is 4.79 Å². The number of piperidine rings is 1. The van der Waals surface area contributed by atoms with Gasteiger partial charge in [0.25, 0.3) is 6.47 Å². The Morgan fingerprint density at radius 3 is 2.58 bits per heavy atom. The number of nitrogens with zero attached hydrogens (tertiary/aromatic N) is 3. The first kappa shape index (κ1) is 19.5. The van der Waals surface area contributed by atoms with Crippen molar-refractivity contribution in [3.05, 3.63) is 35.9 Å². The lowest BCUT2D eigenvalue weighted by Crippen LogP contribution is -2.45. The lowest BCUT2D eigenvalue weighted by molar-refractivity contribution is -0.122. The molecule has 0 amide bonds. The Kier molecular flexibility index (Phi) is 6.74. The van der Waals surface area contributed by atoms with Crippen LogP contribution in [0.2, 0.25) is 0 Å². The third kappa shape index (κ3) is 4.40. The van der Waals surface area contributed by atoms with Crippen LogP contribution in [0, 0.1) is 0 Å². The predicted molar refractivity (Wildman–Crippen MR) is 96.5 cm³/mol. The Bertz CT molecular complexity index is 730. The van der Waals surface area contributed by atoms with Crippen molar-refractivity contribution in [2.75, 3.05) is 32.1 Å². The molecule has 1 aromatic carbocycles. The van der Waals surface area contributed by atoms with E-state index < -0.39 is 5.97 Å². The predicted octanol–water partition coefficient (Wildman–Crippen LogP) is 2.27. The maximum atomic E-state index is 11.8. The second kappa shape index (κ2) is 9.00. The average Bonchev–Trinajstić information content (AvgIpc) is 3.08. The number of carboxylic acids is 1. The van der Waals surface area contributed by atoms with Gasteiger partial charge < -0.3 is 24.5 Å². The third-order valence-electron chi connectivity index (χ3n) is 4.35. The number of aromatic nitrogens is 1. The highest BCUT2D eigenvalue weighted by atomic mass is 16.5. The Morgan fingerprint density at radius 2 is 2.00 bits per heavy atom. The number of aromatic carboxylic acids is 1. The number of anilines is 1. The molecule has 1 atom stereocenters. The van der Waals surface area contributed by atoms with E-state index in [1.54, 1.807) is 0 Å². The molecule has 1 fully saturated rings. The maximum absolute atomic E-state index is 11.8. The molecule has 140 valence electrons. The Hall–Kier alpha value is -2.87.